The number of hydrogen-bond acceptors (Lipinski definition) is 4. The van der Waals surface area contributed by atoms with Crippen molar-refractivity contribution in [3.05, 3.63) is 46.9 Å². The van der Waals surface area contributed by atoms with E-state index >= 15 is 0 Å². The van der Waals surface area contributed by atoms with E-state index in [0.29, 0.717) is 17.4 Å². The minimum absolute atomic E-state index is 0.112. The average Bonchev–Trinajstić information content (AvgIpc) is 2.83. The van der Waals surface area contributed by atoms with Crippen LogP contribution in [0, 0.1) is 6.92 Å². The Kier molecular flexibility index (Phi) is 3.71. The molecule has 0 spiro atoms. The normalized spacial score (nSPS) is 20.6. The maximum atomic E-state index is 11.6. The van der Waals surface area contributed by atoms with Crippen LogP contribution in [0.2, 0.25) is 5.15 Å². The zero-order valence-electron chi connectivity index (χ0n) is 11.6. The standard InChI is InChI=1S/C15H15ClN2O2S/c1-10-13(11-5-3-2-4-6-11)17-15(18-14(10)16)12-7-8-21(19,20)9-12/h2-6,12H,7-9H2,1H3. The third-order valence-electron chi connectivity index (χ3n) is 3.75. The van der Waals surface area contributed by atoms with Crippen LogP contribution >= 0.6 is 11.6 Å². The van der Waals surface area contributed by atoms with E-state index in [9.17, 15) is 8.42 Å². The van der Waals surface area contributed by atoms with Crippen molar-refractivity contribution in [1.82, 2.24) is 9.97 Å². The highest BCUT2D eigenvalue weighted by Crippen LogP contribution is 2.31. The molecule has 1 aromatic heterocycles. The molecule has 1 aromatic carbocycles. The Labute approximate surface area is 129 Å². The molecule has 6 heteroatoms. The molecule has 1 aliphatic rings. The summed E-state index contributed by atoms with van der Waals surface area (Å²) in [6, 6.07) is 9.72. The first kappa shape index (κ1) is 14.5. The molecular weight excluding hydrogens is 308 g/mol. The van der Waals surface area contributed by atoms with Crippen LogP contribution in [0.1, 0.15) is 23.7 Å². The van der Waals surface area contributed by atoms with Crippen LogP contribution in [0.4, 0.5) is 0 Å². The molecule has 0 bridgehead atoms. The van der Waals surface area contributed by atoms with Gasteiger partial charge in [-0.1, -0.05) is 41.9 Å². The second kappa shape index (κ2) is 5.39. The Bertz CT molecular complexity index is 776. The van der Waals surface area contributed by atoms with Crippen molar-refractivity contribution < 1.29 is 8.42 Å². The first-order valence-electron chi connectivity index (χ1n) is 6.76. The molecule has 2 aromatic rings. The average molecular weight is 323 g/mol. The van der Waals surface area contributed by atoms with Crippen molar-refractivity contribution in [2.45, 2.75) is 19.3 Å². The van der Waals surface area contributed by atoms with Crippen LogP contribution in [0.5, 0.6) is 0 Å². The summed E-state index contributed by atoms with van der Waals surface area (Å²) < 4.78 is 23.3. The molecule has 0 saturated carbocycles. The molecule has 3 rings (SSSR count). The van der Waals surface area contributed by atoms with Crippen molar-refractivity contribution in [2.75, 3.05) is 11.5 Å². The molecule has 1 aliphatic heterocycles. The second-order valence-electron chi connectivity index (χ2n) is 5.31. The fraction of sp³-hybridized carbons (Fsp3) is 0.333. The van der Waals surface area contributed by atoms with Gasteiger partial charge in [-0.3, -0.25) is 0 Å². The molecular formula is C15H15ClN2O2S. The lowest BCUT2D eigenvalue weighted by Gasteiger charge is -2.12. The van der Waals surface area contributed by atoms with Crippen LogP contribution in [-0.2, 0) is 9.84 Å². The molecule has 0 aliphatic carbocycles. The van der Waals surface area contributed by atoms with Gasteiger partial charge in [0.15, 0.2) is 9.84 Å². The zero-order chi connectivity index (χ0) is 15.0. The van der Waals surface area contributed by atoms with E-state index in [4.69, 9.17) is 11.6 Å². The topological polar surface area (TPSA) is 59.9 Å². The number of nitrogens with zero attached hydrogens (tertiary/aromatic N) is 2. The van der Waals surface area contributed by atoms with Crippen molar-refractivity contribution in [2.24, 2.45) is 0 Å². The monoisotopic (exact) mass is 322 g/mol. The lowest BCUT2D eigenvalue weighted by molar-refractivity contribution is 0.601. The first-order chi connectivity index (χ1) is 9.96. The number of hydrogen-bond donors (Lipinski definition) is 0. The molecule has 1 atom stereocenters. The molecule has 0 N–H and O–H groups in total. The third-order valence-corrected chi connectivity index (χ3v) is 5.88. The number of sulfone groups is 1. The van der Waals surface area contributed by atoms with Crippen LogP contribution in [0.25, 0.3) is 11.3 Å². The van der Waals surface area contributed by atoms with Gasteiger partial charge in [0.2, 0.25) is 0 Å². The molecule has 2 heterocycles. The summed E-state index contributed by atoms with van der Waals surface area (Å²) in [5.41, 5.74) is 2.55. The lowest BCUT2D eigenvalue weighted by Crippen LogP contribution is -2.09. The van der Waals surface area contributed by atoms with E-state index < -0.39 is 9.84 Å². The molecule has 21 heavy (non-hydrogen) atoms. The van der Waals surface area contributed by atoms with Gasteiger partial charge in [-0.25, -0.2) is 18.4 Å². The quantitative estimate of drug-likeness (QED) is 0.797. The van der Waals surface area contributed by atoms with Crippen molar-refractivity contribution in [3.63, 3.8) is 0 Å². The SMILES string of the molecule is Cc1c(Cl)nc(C2CCS(=O)(=O)C2)nc1-c1ccccc1. The van der Waals surface area contributed by atoms with Gasteiger partial charge in [-0.05, 0) is 13.3 Å². The second-order valence-corrected chi connectivity index (χ2v) is 7.90. The van der Waals surface area contributed by atoms with Gasteiger partial charge in [0, 0.05) is 17.0 Å². The van der Waals surface area contributed by atoms with Gasteiger partial charge < -0.3 is 0 Å². The maximum absolute atomic E-state index is 11.6. The predicted molar refractivity (Wildman–Crippen MR) is 83.2 cm³/mol. The van der Waals surface area contributed by atoms with Crippen LogP contribution in [0.3, 0.4) is 0 Å². The van der Waals surface area contributed by atoms with E-state index in [0.717, 1.165) is 16.8 Å². The van der Waals surface area contributed by atoms with Gasteiger partial charge in [-0.2, -0.15) is 0 Å². The van der Waals surface area contributed by atoms with Crippen molar-refractivity contribution >= 4 is 21.4 Å². The van der Waals surface area contributed by atoms with E-state index in [-0.39, 0.29) is 17.4 Å². The summed E-state index contributed by atoms with van der Waals surface area (Å²) in [7, 11) is -2.97. The van der Waals surface area contributed by atoms with Gasteiger partial charge in [-0.15, -0.1) is 0 Å². The number of rotatable bonds is 2. The highest BCUT2D eigenvalue weighted by molar-refractivity contribution is 7.91. The molecule has 0 radical (unpaired) electrons. The van der Waals surface area contributed by atoms with E-state index in [1.165, 1.54) is 0 Å². The predicted octanol–water partition coefficient (Wildman–Crippen LogP) is 3.01. The van der Waals surface area contributed by atoms with Crippen LogP contribution in [0.15, 0.2) is 30.3 Å². The van der Waals surface area contributed by atoms with E-state index in [2.05, 4.69) is 9.97 Å². The Morgan fingerprint density at radius 2 is 1.90 bits per heavy atom. The number of halogens is 1. The van der Waals surface area contributed by atoms with Crippen LogP contribution in [-0.4, -0.2) is 29.9 Å². The molecule has 110 valence electrons. The molecule has 4 nitrogen and oxygen atoms in total. The van der Waals surface area contributed by atoms with E-state index in [1.807, 2.05) is 37.3 Å². The minimum atomic E-state index is -2.97. The van der Waals surface area contributed by atoms with Crippen molar-refractivity contribution in [1.29, 1.82) is 0 Å². The van der Waals surface area contributed by atoms with Gasteiger partial charge >= 0.3 is 0 Å². The fourth-order valence-electron chi connectivity index (χ4n) is 2.56. The summed E-state index contributed by atoms with van der Waals surface area (Å²) >= 11 is 6.22. The molecule has 1 unspecified atom stereocenters. The fourth-order valence-corrected chi connectivity index (χ4v) is 4.48. The third kappa shape index (κ3) is 2.94. The molecule has 1 fully saturated rings. The summed E-state index contributed by atoms with van der Waals surface area (Å²) in [5, 5.41) is 0.392. The minimum Gasteiger partial charge on any atom is -0.232 e. The lowest BCUT2D eigenvalue weighted by atomic mass is 10.1. The van der Waals surface area contributed by atoms with Gasteiger partial charge in [0.1, 0.15) is 11.0 Å². The summed E-state index contributed by atoms with van der Waals surface area (Å²) in [6.07, 6.45) is 0.565. The largest absolute Gasteiger partial charge is 0.232 e. The first-order valence-corrected chi connectivity index (χ1v) is 8.96. The summed E-state index contributed by atoms with van der Waals surface area (Å²) in [5.74, 6) is 0.689. The molecule has 0 amide bonds. The highest BCUT2D eigenvalue weighted by atomic mass is 35.5. The zero-order valence-corrected chi connectivity index (χ0v) is 13.2. The Morgan fingerprint density at radius 3 is 2.52 bits per heavy atom. The summed E-state index contributed by atoms with van der Waals surface area (Å²) in [6.45, 7) is 1.87. The van der Waals surface area contributed by atoms with Crippen molar-refractivity contribution in [3.8, 4) is 11.3 Å². The Hall–Kier alpha value is -1.46. The maximum Gasteiger partial charge on any atom is 0.151 e. The molecule has 1 saturated heterocycles. The van der Waals surface area contributed by atoms with Gasteiger partial charge in [0.05, 0.1) is 17.2 Å². The van der Waals surface area contributed by atoms with Gasteiger partial charge in [0.25, 0.3) is 0 Å². The number of benzene rings is 1. The summed E-state index contributed by atoms with van der Waals surface area (Å²) in [4.78, 5) is 8.89. The Morgan fingerprint density at radius 1 is 1.19 bits per heavy atom. The highest BCUT2D eigenvalue weighted by Gasteiger charge is 2.31. The smallest absolute Gasteiger partial charge is 0.151 e. The number of aromatic nitrogens is 2. The van der Waals surface area contributed by atoms with Crippen LogP contribution < -0.4 is 0 Å². The van der Waals surface area contributed by atoms with E-state index in [1.54, 1.807) is 0 Å². The Balaban J connectivity index is 2.07.